The fourth-order valence-electron chi connectivity index (χ4n) is 2.95. The molecule has 0 spiro atoms. The highest BCUT2D eigenvalue weighted by Crippen LogP contribution is 2.20. The van der Waals surface area contributed by atoms with Crippen LogP contribution in [0.3, 0.4) is 0 Å². The lowest BCUT2D eigenvalue weighted by atomic mass is 9.88. The van der Waals surface area contributed by atoms with E-state index in [2.05, 4.69) is 37.4 Å². The maximum Gasteiger partial charge on any atom is 0.230 e. The Kier molecular flexibility index (Phi) is 6.28. The number of amides is 2. The Morgan fingerprint density at radius 3 is 2.48 bits per heavy atom. The first kappa shape index (κ1) is 17.6. The Hall–Kier alpha value is -1.75. The Balaban J connectivity index is 1.80. The van der Waals surface area contributed by atoms with E-state index in [1.807, 2.05) is 12.2 Å². The first-order chi connectivity index (χ1) is 11.0. The summed E-state index contributed by atoms with van der Waals surface area (Å²) in [5.41, 5.74) is 9.12. The molecule has 0 saturated carbocycles. The van der Waals surface area contributed by atoms with Crippen molar-refractivity contribution in [1.29, 1.82) is 0 Å². The molecule has 23 heavy (non-hydrogen) atoms. The number of rotatable bonds is 6. The van der Waals surface area contributed by atoms with Gasteiger partial charge >= 0.3 is 0 Å². The molecule has 2 atom stereocenters. The van der Waals surface area contributed by atoms with Crippen molar-refractivity contribution in [2.45, 2.75) is 38.5 Å². The quantitative estimate of drug-likeness (QED) is 0.786. The molecule has 5 heteroatoms. The molecule has 0 heterocycles. The van der Waals surface area contributed by atoms with E-state index >= 15 is 0 Å². The SMILES string of the molecule is Cc1cc(C)cc(CSCC(=O)N[C@@H]2CC=CC[C@H]2C(N)=O)c1. The number of carbonyl (C=O) groups excluding carboxylic acids is 2. The van der Waals surface area contributed by atoms with E-state index < -0.39 is 0 Å². The number of aryl methyl sites for hydroxylation is 2. The van der Waals surface area contributed by atoms with E-state index in [1.165, 1.54) is 16.7 Å². The third-order valence-corrected chi connectivity index (χ3v) is 4.93. The van der Waals surface area contributed by atoms with Gasteiger partial charge in [-0.15, -0.1) is 11.8 Å². The molecule has 3 N–H and O–H groups in total. The number of benzene rings is 1. The number of hydrogen-bond acceptors (Lipinski definition) is 3. The summed E-state index contributed by atoms with van der Waals surface area (Å²) in [5.74, 6) is 0.514. The predicted molar refractivity (Wildman–Crippen MR) is 95.1 cm³/mol. The summed E-state index contributed by atoms with van der Waals surface area (Å²) in [7, 11) is 0. The van der Waals surface area contributed by atoms with Gasteiger partial charge in [-0.25, -0.2) is 0 Å². The molecule has 1 aromatic rings. The number of nitrogens with two attached hydrogens (primary N) is 1. The average molecular weight is 332 g/mol. The molecule has 0 unspecified atom stereocenters. The van der Waals surface area contributed by atoms with Crippen molar-refractivity contribution in [2.24, 2.45) is 11.7 Å². The van der Waals surface area contributed by atoms with Gasteiger partial charge in [0, 0.05) is 11.8 Å². The van der Waals surface area contributed by atoms with Crippen molar-refractivity contribution < 1.29 is 9.59 Å². The molecule has 0 radical (unpaired) electrons. The van der Waals surface area contributed by atoms with Crippen LogP contribution in [0.15, 0.2) is 30.4 Å². The number of hydrogen-bond donors (Lipinski definition) is 2. The minimum absolute atomic E-state index is 0.0362. The molecule has 0 fully saturated rings. The fraction of sp³-hybridized carbons (Fsp3) is 0.444. The van der Waals surface area contributed by atoms with Crippen LogP contribution in [0, 0.1) is 19.8 Å². The molecule has 0 bridgehead atoms. The highest BCUT2D eigenvalue weighted by Gasteiger charge is 2.28. The summed E-state index contributed by atoms with van der Waals surface area (Å²) >= 11 is 1.58. The summed E-state index contributed by atoms with van der Waals surface area (Å²) < 4.78 is 0. The Bertz CT molecular complexity index is 593. The number of nitrogens with one attached hydrogen (secondary N) is 1. The van der Waals surface area contributed by atoms with E-state index in [0.29, 0.717) is 18.6 Å². The van der Waals surface area contributed by atoms with Gasteiger partial charge in [0.15, 0.2) is 0 Å². The van der Waals surface area contributed by atoms with Crippen LogP contribution < -0.4 is 11.1 Å². The molecule has 2 rings (SSSR count). The minimum Gasteiger partial charge on any atom is -0.369 e. The van der Waals surface area contributed by atoms with Gasteiger partial charge in [0.25, 0.3) is 0 Å². The summed E-state index contributed by atoms with van der Waals surface area (Å²) in [5, 5.41) is 2.95. The third kappa shape index (κ3) is 5.43. The van der Waals surface area contributed by atoms with Crippen LogP contribution in [-0.2, 0) is 15.3 Å². The molecule has 4 nitrogen and oxygen atoms in total. The zero-order chi connectivity index (χ0) is 16.8. The van der Waals surface area contributed by atoms with Crippen molar-refractivity contribution in [3.8, 4) is 0 Å². The molecular weight excluding hydrogens is 308 g/mol. The van der Waals surface area contributed by atoms with Gasteiger partial charge in [-0.1, -0.05) is 41.5 Å². The van der Waals surface area contributed by atoms with E-state index in [9.17, 15) is 9.59 Å². The van der Waals surface area contributed by atoms with Gasteiger partial charge in [0.2, 0.25) is 11.8 Å². The summed E-state index contributed by atoms with van der Waals surface area (Å²) in [6.45, 7) is 4.16. The predicted octanol–water partition coefficient (Wildman–Crippen LogP) is 2.47. The van der Waals surface area contributed by atoms with Crippen molar-refractivity contribution >= 4 is 23.6 Å². The lowest BCUT2D eigenvalue weighted by molar-refractivity contribution is -0.124. The normalized spacial score (nSPS) is 20.3. The number of carbonyl (C=O) groups is 2. The second-order valence-corrected chi connectivity index (χ2v) is 7.10. The van der Waals surface area contributed by atoms with E-state index in [0.717, 1.165) is 5.75 Å². The van der Waals surface area contributed by atoms with Crippen molar-refractivity contribution in [3.63, 3.8) is 0 Å². The highest BCUT2D eigenvalue weighted by molar-refractivity contribution is 7.99. The summed E-state index contributed by atoms with van der Waals surface area (Å²) in [6, 6.07) is 6.26. The van der Waals surface area contributed by atoms with Crippen LogP contribution >= 0.6 is 11.8 Å². The van der Waals surface area contributed by atoms with E-state index in [-0.39, 0.29) is 23.8 Å². The van der Waals surface area contributed by atoms with Crippen LogP contribution in [0.1, 0.15) is 29.5 Å². The zero-order valence-corrected chi connectivity index (χ0v) is 14.5. The smallest absolute Gasteiger partial charge is 0.230 e. The molecule has 1 aliphatic carbocycles. The van der Waals surface area contributed by atoms with Crippen molar-refractivity contribution in [1.82, 2.24) is 5.32 Å². The molecule has 124 valence electrons. The van der Waals surface area contributed by atoms with Gasteiger partial charge in [-0.05, 0) is 32.3 Å². The van der Waals surface area contributed by atoms with Gasteiger partial charge < -0.3 is 11.1 Å². The van der Waals surface area contributed by atoms with Crippen LogP contribution in [-0.4, -0.2) is 23.6 Å². The molecule has 0 saturated heterocycles. The second kappa shape index (κ2) is 8.20. The standard InChI is InChI=1S/C18H24N2O2S/c1-12-7-13(2)9-14(8-12)10-23-11-17(21)20-16-6-4-3-5-15(16)18(19)22/h3-4,7-9,15-16H,5-6,10-11H2,1-2H3,(H2,19,22)(H,20,21)/t15-,16-/m1/s1. The molecule has 2 amide bonds. The molecule has 0 aromatic heterocycles. The number of primary amides is 1. The number of allylic oxidation sites excluding steroid dienone is 1. The zero-order valence-electron chi connectivity index (χ0n) is 13.7. The van der Waals surface area contributed by atoms with Gasteiger partial charge in [0.05, 0.1) is 11.7 Å². The molecule has 0 aliphatic heterocycles. The molecule has 1 aromatic carbocycles. The van der Waals surface area contributed by atoms with Crippen LogP contribution in [0.5, 0.6) is 0 Å². The third-order valence-electron chi connectivity index (χ3n) is 3.93. The van der Waals surface area contributed by atoms with Gasteiger partial charge in [-0.2, -0.15) is 0 Å². The Morgan fingerprint density at radius 1 is 1.17 bits per heavy atom. The van der Waals surface area contributed by atoms with E-state index in [4.69, 9.17) is 5.73 Å². The summed E-state index contributed by atoms with van der Waals surface area (Å²) in [6.07, 6.45) is 5.22. The maximum atomic E-state index is 12.1. The van der Waals surface area contributed by atoms with Crippen molar-refractivity contribution in [3.05, 3.63) is 47.0 Å². The maximum absolute atomic E-state index is 12.1. The highest BCUT2D eigenvalue weighted by atomic mass is 32.2. The Labute approximate surface area is 141 Å². The minimum atomic E-state index is -0.345. The van der Waals surface area contributed by atoms with Crippen LogP contribution in [0.25, 0.3) is 0 Å². The monoisotopic (exact) mass is 332 g/mol. The fourth-order valence-corrected chi connectivity index (χ4v) is 3.72. The number of thioether (sulfide) groups is 1. The van der Waals surface area contributed by atoms with E-state index in [1.54, 1.807) is 11.8 Å². The molecular formula is C18H24N2O2S. The van der Waals surface area contributed by atoms with Gasteiger partial charge in [-0.3, -0.25) is 9.59 Å². The van der Waals surface area contributed by atoms with Crippen LogP contribution in [0.4, 0.5) is 0 Å². The first-order valence-corrected chi connectivity index (χ1v) is 9.00. The lowest BCUT2D eigenvalue weighted by Crippen LogP contribution is -2.46. The average Bonchev–Trinajstić information content (AvgIpc) is 2.46. The summed E-state index contributed by atoms with van der Waals surface area (Å²) in [4.78, 5) is 23.5. The second-order valence-electron chi connectivity index (χ2n) is 6.11. The van der Waals surface area contributed by atoms with Gasteiger partial charge in [0.1, 0.15) is 0 Å². The van der Waals surface area contributed by atoms with Crippen LogP contribution in [0.2, 0.25) is 0 Å². The topological polar surface area (TPSA) is 72.2 Å². The Morgan fingerprint density at radius 2 is 1.83 bits per heavy atom. The molecule has 1 aliphatic rings. The van der Waals surface area contributed by atoms with Crippen molar-refractivity contribution in [2.75, 3.05) is 5.75 Å². The largest absolute Gasteiger partial charge is 0.369 e. The first-order valence-electron chi connectivity index (χ1n) is 7.84. The lowest BCUT2D eigenvalue weighted by Gasteiger charge is -2.26.